The van der Waals surface area contributed by atoms with Gasteiger partial charge in [-0.15, -0.1) is 0 Å². The van der Waals surface area contributed by atoms with Crippen molar-refractivity contribution < 1.29 is 13.2 Å². The summed E-state index contributed by atoms with van der Waals surface area (Å²) < 4.78 is 29.5. The van der Waals surface area contributed by atoms with E-state index in [4.69, 9.17) is 4.74 Å². The molecule has 1 atom stereocenters. The molecule has 110 valence electrons. The number of benzene rings is 1. The number of rotatable bonds is 3. The number of hydrogen-bond donors (Lipinski definition) is 1. The normalized spacial score (nSPS) is 26.1. The van der Waals surface area contributed by atoms with Crippen molar-refractivity contribution >= 4 is 9.84 Å². The Labute approximate surface area is 120 Å². The summed E-state index contributed by atoms with van der Waals surface area (Å²) in [6.45, 7) is 2.65. The molecule has 2 heterocycles. The first-order valence-corrected chi connectivity index (χ1v) is 8.95. The highest BCUT2D eigenvalue weighted by molar-refractivity contribution is 7.91. The molecule has 0 spiro atoms. The first kappa shape index (κ1) is 14.0. The van der Waals surface area contributed by atoms with Gasteiger partial charge in [0, 0.05) is 19.3 Å². The van der Waals surface area contributed by atoms with Crippen LogP contribution in [0, 0.1) is 5.92 Å². The van der Waals surface area contributed by atoms with E-state index < -0.39 is 9.84 Å². The third kappa shape index (κ3) is 2.90. The van der Waals surface area contributed by atoms with Crippen LogP contribution in [-0.2, 0) is 14.6 Å². The van der Waals surface area contributed by atoms with Gasteiger partial charge in [0.1, 0.15) is 0 Å². The molecule has 0 amide bonds. The molecule has 1 fully saturated rings. The molecule has 1 N–H and O–H groups in total. The van der Waals surface area contributed by atoms with Crippen molar-refractivity contribution in [2.75, 3.05) is 25.5 Å². The number of nitrogens with one attached hydrogen (secondary N) is 1. The summed E-state index contributed by atoms with van der Waals surface area (Å²) in [5, 5.41) is 3.57. The standard InChI is InChI=1S/C15H21NO3S/c17-20(18)10-7-14(13-3-1-2-4-15(13)20)16-11-12-5-8-19-9-6-12/h1-4,12,14,16H,5-11H2. The van der Waals surface area contributed by atoms with Crippen LogP contribution >= 0.6 is 0 Å². The fourth-order valence-electron chi connectivity index (χ4n) is 3.06. The van der Waals surface area contributed by atoms with E-state index in [0.717, 1.165) is 38.2 Å². The Morgan fingerprint density at radius 3 is 2.70 bits per heavy atom. The molecule has 0 aliphatic carbocycles. The van der Waals surface area contributed by atoms with Crippen LogP contribution < -0.4 is 5.32 Å². The van der Waals surface area contributed by atoms with Gasteiger partial charge in [0.05, 0.1) is 10.6 Å². The number of sulfone groups is 1. The molecule has 20 heavy (non-hydrogen) atoms. The van der Waals surface area contributed by atoms with Gasteiger partial charge in [-0.3, -0.25) is 0 Å². The fraction of sp³-hybridized carbons (Fsp3) is 0.600. The van der Waals surface area contributed by atoms with Crippen molar-refractivity contribution in [3.63, 3.8) is 0 Å². The summed E-state index contributed by atoms with van der Waals surface area (Å²) in [6.07, 6.45) is 2.86. The highest BCUT2D eigenvalue weighted by Gasteiger charge is 2.30. The smallest absolute Gasteiger partial charge is 0.178 e. The van der Waals surface area contributed by atoms with E-state index in [1.165, 1.54) is 0 Å². The third-order valence-electron chi connectivity index (χ3n) is 4.30. The van der Waals surface area contributed by atoms with Gasteiger partial charge in [-0.1, -0.05) is 18.2 Å². The Morgan fingerprint density at radius 2 is 1.90 bits per heavy atom. The van der Waals surface area contributed by atoms with Crippen molar-refractivity contribution in [1.29, 1.82) is 0 Å². The number of hydrogen-bond acceptors (Lipinski definition) is 4. The Hall–Kier alpha value is -0.910. The molecular weight excluding hydrogens is 274 g/mol. The zero-order valence-electron chi connectivity index (χ0n) is 11.5. The summed E-state index contributed by atoms with van der Waals surface area (Å²) in [5.74, 6) is 0.893. The quantitative estimate of drug-likeness (QED) is 0.925. The van der Waals surface area contributed by atoms with E-state index in [0.29, 0.717) is 17.2 Å². The van der Waals surface area contributed by atoms with Crippen LogP contribution in [0.2, 0.25) is 0 Å². The number of ether oxygens (including phenoxy) is 1. The van der Waals surface area contributed by atoms with Crippen LogP contribution in [0.5, 0.6) is 0 Å². The van der Waals surface area contributed by atoms with E-state index in [9.17, 15) is 8.42 Å². The van der Waals surface area contributed by atoms with Gasteiger partial charge in [-0.05, 0) is 43.4 Å². The van der Waals surface area contributed by atoms with Crippen molar-refractivity contribution in [1.82, 2.24) is 5.32 Å². The molecule has 0 radical (unpaired) electrons. The first-order valence-electron chi connectivity index (χ1n) is 7.29. The van der Waals surface area contributed by atoms with Crippen LogP contribution in [0.3, 0.4) is 0 Å². The zero-order valence-corrected chi connectivity index (χ0v) is 12.4. The van der Waals surface area contributed by atoms with Crippen molar-refractivity contribution in [3.8, 4) is 0 Å². The predicted octanol–water partition coefficient (Wildman–Crippen LogP) is 1.92. The van der Waals surface area contributed by atoms with E-state index in [-0.39, 0.29) is 11.8 Å². The molecule has 5 heteroatoms. The van der Waals surface area contributed by atoms with E-state index >= 15 is 0 Å². The average Bonchev–Trinajstić information content (AvgIpc) is 2.48. The maximum absolute atomic E-state index is 12.1. The molecule has 0 bridgehead atoms. The monoisotopic (exact) mass is 295 g/mol. The van der Waals surface area contributed by atoms with Crippen molar-refractivity contribution in [2.45, 2.75) is 30.2 Å². The summed E-state index contributed by atoms with van der Waals surface area (Å²) in [5.41, 5.74) is 0.936. The molecule has 1 unspecified atom stereocenters. The minimum Gasteiger partial charge on any atom is -0.381 e. The molecule has 3 rings (SSSR count). The Kier molecular flexibility index (Phi) is 4.10. The topological polar surface area (TPSA) is 55.4 Å². The molecule has 0 saturated carbocycles. The molecule has 1 saturated heterocycles. The van der Waals surface area contributed by atoms with E-state index in [1.807, 2.05) is 12.1 Å². The highest BCUT2D eigenvalue weighted by Crippen LogP contribution is 2.32. The van der Waals surface area contributed by atoms with Gasteiger partial charge >= 0.3 is 0 Å². The third-order valence-corrected chi connectivity index (χ3v) is 6.11. The van der Waals surface area contributed by atoms with Crippen molar-refractivity contribution in [2.24, 2.45) is 5.92 Å². The second-order valence-electron chi connectivity index (χ2n) is 5.66. The predicted molar refractivity (Wildman–Crippen MR) is 77.4 cm³/mol. The average molecular weight is 295 g/mol. The Bertz CT molecular complexity index is 564. The lowest BCUT2D eigenvalue weighted by Gasteiger charge is -2.29. The van der Waals surface area contributed by atoms with Crippen LogP contribution in [-0.4, -0.2) is 33.9 Å². The fourth-order valence-corrected chi connectivity index (χ4v) is 4.68. The summed E-state index contributed by atoms with van der Waals surface area (Å²) >= 11 is 0. The minimum absolute atomic E-state index is 0.164. The van der Waals surface area contributed by atoms with Gasteiger partial charge in [-0.2, -0.15) is 0 Å². The minimum atomic E-state index is -3.08. The van der Waals surface area contributed by atoms with Crippen LogP contribution in [0.15, 0.2) is 29.2 Å². The van der Waals surface area contributed by atoms with Crippen LogP contribution in [0.1, 0.15) is 30.9 Å². The van der Waals surface area contributed by atoms with E-state index in [1.54, 1.807) is 12.1 Å². The maximum atomic E-state index is 12.1. The SMILES string of the molecule is O=S1(=O)CCC(NCC2CCOCC2)c2ccccc21. The van der Waals surface area contributed by atoms with Crippen molar-refractivity contribution in [3.05, 3.63) is 29.8 Å². The lowest BCUT2D eigenvalue weighted by Crippen LogP contribution is -2.34. The molecular formula is C15H21NO3S. The highest BCUT2D eigenvalue weighted by atomic mass is 32.2. The first-order chi connectivity index (χ1) is 9.67. The van der Waals surface area contributed by atoms with Crippen LogP contribution in [0.25, 0.3) is 0 Å². The van der Waals surface area contributed by atoms with Gasteiger partial charge in [0.2, 0.25) is 0 Å². The van der Waals surface area contributed by atoms with Crippen LogP contribution in [0.4, 0.5) is 0 Å². The second-order valence-corrected chi connectivity index (χ2v) is 7.74. The van der Waals surface area contributed by atoms with E-state index in [2.05, 4.69) is 5.32 Å². The Morgan fingerprint density at radius 1 is 1.15 bits per heavy atom. The second kappa shape index (κ2) is 5.84. The molecule has 2 aliphatic heterocycles. The largest absolute Gasteiger partial charge is 0.381 e. The summed E-state index contributed by atoms with van der Waals surface area (Å²) in [6, 6.07) is 7.55. The van der Waals surface area contributed by atoms with Gasteiger partial charge in [-0.25, -0.2) is 8.42 Å². The molecule has 4 nitrogen and oxygen atoms in total. The van der Waals surface area contributed by atoms with Gasteiger partial charge in [0.15, 0.2) is 9.84 Å². The molecule has 1 aromatic carbocycles. The number of fused-ring (bicyclic) bond motifs is 1. The molecule has 2 aliphatic rings. The lowest BCUT2D eigenvalue weighted by atomic mass is 9.98. The lowest BCUT2D eigenvalue weighted by molar-refractivity contribution is 0.0653. The molecule has 1 aromatic rings. The summed E-state index contributed by atoms with van der Waals surface area (Å²) in [4.78, 5) is 0.510. The maximum Gasteiger partial charge on any atom is 0.178 e. The summed E-state index contributed by atoms with van der Waals surface area (Å²) in [7, 11) is -3.08. The Balaban J connectivity index is 1.71. The molecule has 0 aromatic heterocycles. The van der Waals surface area contributed by atoms with Gasteiger partial charge < -0.3 is 10.1 Å². The van der Waals surface area contributed by atoms with Gasteiger partial charge in [0.25, 0.3) is 0 Å². The zero-order chi connectivity index (χ0) is 14.0.